The number of amides is 1. The molecule has 0 spiro atoms. The molecule has 0 heterocycles. The highest BCUT2D eigenvalue weighted by Gasteiger charge is 2.22. The third-order valence-corrected chi connectivity index (χ3v) is 2.92. The van der Waals surface area contributed by atoms with Crippen molar-refractivity contribution < 1.29 is 19.5 Å². The number of aryl methyl sites for hydroxylation is 1. The number of allylic oxidation sites excluding steroid dienone is 1. The van der Waals surface area contributed by atoms with E-state index in [9.17, 15) is 14.4 Å². The van der Waals surface area contributed by atoms with Gasteiger partial charge in [-0.15, -0.1) is 0 Å². The molecule has 1 aromatic carbocycles. The molecule has 0 aromatic heterocycles. The van der Waals surface area contributed by atoms with Gasteiger partial charge < -0.3 is 10.4 Å². The fourth-order valence-corrected chi connectivity index (χ4v) is 2.15. The van der Waals surface area contributed by atoms with Crippen molar-refractivity contribution in [2.24, 2.45) is 0 Å². The summed E-state index contributed by atoms with van der Waals surface area (Å²) in [5.41, 5.74) is 2.30. The lowest BCUT2D eigenvalue weighted by molar-refractivity contribution is -0.131. The van der Waals surface area contributed by atoms with Crippen molar-refractivity contribution >= 4 is 23.3 Å². The number of aliphatic carboxylic acids is 1. The van der Waals surface area contributed by atoms with E-state index < -0.39 is 5.97 Å². The first-order valence-electron chi connectivity index (χ1n) is 5.86. The van der Waals surface area contributed by atoms with Crippen LogP contribution in [-0.4, -0.2) is 22.8 Å². The molecule has 98 valence electrons. The van der Waals surface area contributed by atoms with Crippen LogP contribution in [0.25, 0.3) is 0 Å². The summed E-state index contributed by atoms with van der Waals surface area (Å²) in [6.45, 7) is 1.41. The Kier molecular flexibility index (Phi) is 3.46. The van der Waals surface area contributed by atoms with Crippen LogP contribution < -0.4 is 5.32 Å². The second-order valence-electron chi connectivity index (χ2n) is 4.39. The van der Waals surface area contributed by atoms with E-state index in [2.05, 4.69) is 5.32 Å². The van der Waals surface area contributed by atoms with Gasteiger partial charge in [0.15, 0.2) is 5.78 Å². The van der Waals surface area contributed by atoms with Crippen LogP contribution in [0.1, 0.15) is 29.3 Å². The van der Waals surface area contributed by atoms with Crippen LogP contribution in [0.2, 0.25) is 0 Å². The van der Waals surface area contributed by atoms with E-state index in [0.29, 0.717) is 29.7 Å². The molecule has 0 saturated heterocycles. The lowest BCUT2D eigenvalue weighted by Crippen LogP contribution is -2.16. The average Bonchev–Trinajstić information content (AvgIpc) is 2.31. The third kappa shape index (κ3) is 2.88. The van der Waals surface area contributed by atoms with E-state index in [1.807, 2.05) is 0 Å². The largest absolute Gasteiger partial charge is 0.478 e. The Balaban J connectivity index is 2.33. The van der Waals surface area contributed by atoms with Gasteiger partial charge in [-0.3, -0.25) is 9.59 Å². The molecule has 1 amide bonds. The van der Waals surface area contributed by atoms with Crippen molar-refractivity contribution in [1.82, 2.24) is 0 Å². The van der Waals surface area contributed by atoms with Gasteiger partial charge in [-0.25, -0.2) is 4.79 Å². The molecule has 0 radical (unpaired) electrons. The molecule has 1 aliphatic rings. The number of carboxylic acids is 1. The Morgan fingerprint density at radius 2 is 2.05 bits per heavy atom. The summed E-state index contributed by atoms with van der Waals surface area (Å²) in [5.74, 6) is -1.53. The van der Waals surface area contributed by atoms with E-state index in [1.54, 1.807) is 18.2 Å². The number of hydrogen-bond acceptors (Lipinski definition) is 3. The number of carbonyl (C=O) groups is 3. The van der Waals surface area contributed by atoms with E-state index >= 15 is 0 Å². The zero-order valence-corrected chi connectivity index (χ0v) is 10.4. The smallest absolute Gasteiger partial charge is 0.328 e. The zero-order valence-electron chi connectivity index (χ0n) is 10.4. The molecular formula is C14H13NO4. The van der Waals surface area contributed by atoms with Crippen LogP contribution in [0.4, 0.5) is 5.69 Å². The molecule has 0 atom stereocenters. The van der Waals surface area contributed by atoms with Gasteiger partial charge in [0.1, 0.15) is 0 Å². The topological polar surface area (TPSA) is 83.5 Å². The number of carboxylic acid groups (broad SMARTS) is 1. The number of anilines is 1. The second-order valence-corrected chi connectivity index (χ2v) is 4.39. The molecular weight excluding hydrogens is 246 g/mol. The Morgan fingerprint density at radius 1 is 1.32 bits per heavy atom. The molecule has 5 heteroatoms. The minimum absolute atomic E-state index is 0.173. The first kappa shape index (κ1) is 13.0. The van der Waals surface area contributed by atoms with Gasteiger partial charge in [0.25, 0.3) is 0 Å². The number of ketones is 1. The standard InChI is InChI=1S/C14H13NO4/c1-8(16)15-11-4-5-12-9(6-11)2-3-10(14(12)19)7-13(17)18/h4-7H,2-3H2,1H3,(H,15,16)(H,17,18)/b10-7+. The van der Waals surface area contributed by atoms with Gasteiger partial charge in [0.2, 0.25) is 5.91 Å². The lowest BCUT2D eigenvalue weighted by atomic mass is 9.86. The first-order chi connectivity index (χ1) is 8.97. The van der Waals surface area contributed by atoms with E-state index in [1.165, 1.54) is 6.92 Å². The van der Waals surface area contributed by atoms with Crippen LogP contribution in [0.3, 0.4) is 0 Å². The van der Waals surface area contributed by atoms with Crippen molar-refractivity contribution in [1.29, 1.82) is 0 Å². The number of benzene rings is 1. The molecule has 2 N–H and O–H groups in total. The molecule has 0 aliphatic heterocycles. The summed E-state index contributed by atoms with van der Waals surface area (Å²) in [6, 6.07) is 5.02. The summed E-state index contributed by atoms with van der Waals surface area (Å²) < 4.78 is 0. The predicted molar refractivity (Wildman–Crippen MR) is 69.1 cm³/mol. The number of Topliss-reactive ketones (excluding diaryl/α,β-unsaturated/α-hetero) is 1. The summed E-state index contributed by atoms with van der Waals surface area (Å²) in [4.78, 5) is 33.7. The van der Waals surface area contributed by atoms with E-state index in [-0.39, 0.29) is 11.7 Å². The minimum Gasteiger partial charge on any atom is -0.478 e. The number of nitrogens with one attached hydrogen (secondary N) is 1. The molecule has 0 fully saturated rings. The highest BCUT2D eigenvalue weighted by molar-refractivity contribution is 6.13. The Labute approximate surface area is 109 Å². The van der Waals surface area contributed by atoms with Crippen LogP contribution in [0.15, 0.2) is 29.8 Å². The maximum absolute atomic E-state index is 12.1. The van der Waals surface area contributed by atoms with Gasteiger partial charge in [-0.05, 0) is 36.6 Å². The minimum atomic E-state index is -1.11. The molecule has 19 heavy (non-hydrogen) atoms. The number of fused-ring (bicyclic) bond motifs is 1. The van der Waals surface area contributed by atoms with Gasteiger partial charge in [-0.2, -0.15) is 0 Å². The highest BCUT2D eigenvalue weighted by Crippen LogP contribution is 2.27. The lowest BCUT2D eigenvalue weighted by Gasteiger charge is -2.18. The van der Waals surface area contributed by atoms with Gasteiger partial charge in [0.05, 0.1) is 0 Å². The normalized spacial score (nSPS) is 16.1. The zero-order chi connectivity index (χ0) is 14.0. The van der Waals surface area contributed by atoms with Crippen LogP contribution in [0, 0.1) is 0 Å². The fourth-order valence-electron chi connectivity index (χ4n) is 2.15. The van der Waals surface area contributed by atoms with Crippen molar-refractivity contribution in [3.8, 4) is 0 Å². The Morgan fingerprint density at radius 3 is 2.68 bits per heavy atom. The molecule has 1 aromatic rings. The van der Waals surface area contributed by atoms with Crippen molar-refractivity contribution in [2.45, 2.75) is 19.8 Å². The summed E-state index contributed by atoms with van der Waals surface area (Å²) in [6.07, 6.45) is 1.96. The molecule has 0 saturated carbocycles. The number of rotatable bonds is 2. The van der Waals surface area contributed by atoms with Crippen LogP contribution in [-0.2, 0) is 16.0 Å². The monoisotopic (exact) mass is 259 g/mol. The quantitative estimate of drug-likeness (QED) is 0.793. The SMILES string of the molecule is CC(=O)Nc1ccc2c(c1)CC/C(=C\C(=O)O)C2=O. The van der Waals surface area contributed by atoms with E-state index in [0.717, 1.165) is 11.6 Å². The first-order valence-corrected chi connectivity index (χ1v) is 5.86. The van der Waals surface area contributed by atoms with Crippen LogP contribution in [0.5, 0.6) is 0 Å². The number of carbonyl (C=O) groups excluding carboxylic acids is 2. The van der Waals surface area contributed by atoms with Crippen molar-refractivity contribution in [3.63, 3.8) is 0 Å². The summed E-state index contributed by atoms with van der Waals surface area (Å²) >= 11 is 0. The molecule has 2 rings (SSSR count). The second kappa shape index (κ2) is 5.06. The van der Waals surface area contributed by atoms with Crippen molar-refractivity contribution in [3.05, 3.63) is 41.0 Å². The van der Waals surface area contributed by atoms with Gasteiger partial charge >= 0.3 is 5.97 Å². The maximum atomic E-state index is 12.1. The predicted octanol–water partition coefficient (Wildman–Crippen LogP) is 1.78. The van der Waals surface area contributed by atoms with E-state index in [4.69, 9.17) is 5.11 Å². The fraction of sp³-hybridized carbons (Fsp3) is 0.214. The third-order valence-electron chi connectivity index (χ3n) is 2.92. The van der Waals surface area contributed by atoms with Gasteiger partial charge in [-0.1, -0.05) is 0 Å². The Bertz CT molecular complexity index is 601. The molecule has 1 aliphatic carbocycles. The van der Waals surface area contributed by atoms with Crippen molar-refractivity contribution in [2.75, 3.05) is 5.32 Å². The molecule has 5 nitrogen and oxygen atoms in total. The molecule has 0 bridgehead atoms. The summed E-state index contributed by atoms with van der Waals surface area (Å²) in [7, 11) is 0. The average molecular weight is 259 g/mol. The summed E-state index contributed by atoms with van der Waals surface area (Å²) in [5, 5.41) is 11.4. The number of hydrogen-bond donors (Lipinski definition) is 2. The Hall–Kier alpha value is -2.43. The molecule has 0 unspecified atom stereocenters. The van der Waals surface area contributed by atoms with Crippen LogP contribution >= 0.6 is 0 Å². The maximum Gasteiger partial charge on any atom is 0.328 e. The van der Waals surface area contributed by atoms with Gasteiger partial charge in [0, 0.05) is 29.8 Å². The highest BCUT2D eigenvalue weighted by atomic mass is 16.4.